The van der Waals surface area contributed by atoms with Crippen molar-refractivity contribution in [1.82, 2.24) is 15.5 Å². The topological polar surface area (TPSA) is 105 Å². The van der Waals surface area contributed by atoms with E-state index < -0.39 is 5.97 Å². The van der Waals surface area contributed by atoms with E-state index in [2.05, 4.69) is 15.5 Å². The fourth-order valence-corrected chi connectivity index (χ4v) is 2.41. The maximum absolute atomic E-state index is 12.1. The number of nitrogens with one attached hydrogen (secondary N) is 1. The highest BCUT2D eigenvalue weighted by molar-refractivity contribution is 5.94. The largest absolute Gasteiger partial charge is 0.481 e. The number of hydrogen-bond donors (Lipinski definition) is 2. The van der Waals surface area contributed by atoms with E-state index in [0.29, 0.717) is 30.3 Å². The number of aryl methyl sites for hydroxylation is 1. The summed E-state index contributed by atoms with van der Waals surface area (Å²) in [6.45, 7) is 2.34. The molecule has 0 atom stereocenters. The van der Waals surface area contributed by atoms with Crippen molar-refractivity contribution in [2.75, 3.05) is 6.54 Å². The third-order valence-electron chi connectivity index (χ3n) is 3.77. The van der Waals surface area contributed by atoms with Gasteiger partial charge in [-0.15, -0.1) is 10.2 Å². The molecule has 1 amide bonds. The van der Waals surface area contributed by atoms with E-state index >= 15 is 0 Å². The zero-order valence-electron chi connectivity index (χ0n) is 14.3. The quantitative estimate of drug-likeness (QED) is 0.641. The van der Waals surface area contributed by atoms with Crippen LogP contribution in [0.5, 0.6) is 0 Å². The van der Waals surface area contributed by atoms with Crippen LogP contribution in [0.25, 0.3) is 11.5 Å². The van der Waals surface area contributed by atoms with Gasteiger partial charge in [0.05, 0.1) is 0 Å². The lowest BCUT2D eigenvalue weighted by Crippen LogP contribution is -2.24. The molecule has 0 saturated carbocycles. The van der Waals surface area contributed by atoms with E-state index in [1.165, 1.54) is 0 Å². The molecule has 7 nitrogen and oxygen atoms in total. The number of hydrogen-bond acceptors (Lipinski definition) is 5. The molecule has 0 spiro atoms. The van der Waals surface area contributed by atoms with Crippen molar-refractivity contribution in [2.24, 2.45) is 0 Å². The van der Waals surface area contributed by atoms with E-state index in [1.807, 2.05) is 0 Å². The van der Waals surface area contributed by atoms with Crippen molar-refractivity contribution in [3.05, 3.63) is 35.7 Å². The first-order chi connectivity index (χ1) is 12.1. The summed E-state index contributed by atoms with van der Waals surface area (Å²) in [5.74, 6) is 0.0822. The number of carboxylic acid groups (broad SMARTS) is 1. The molecular formula is C18H23N3O4. The van der Waals surface area contributed by atoms with Crippen molar-refractivity contribution in [1.29, 1.82) is 0 Å². The summed E-state index contributed by atoms with van der Waals surface area (Å²) < 4.78 is 5.35. The monoisotopic (exact) mass is 345 g/mol. The van der Waals surface area contributed by atoms with E-state index in [4.69, 9.17) is 9.52 Å². The number of carbonyl (C=O) groups is 2. The number of nitrogens with zero attached hydrogens (tertiary/aromatic N) is 2. The van der Waals surface area contributed by atoms with Crippen molar-refractivity contribution < 1.29 is 19.1 Å². The Bertz CT molecular complexity index is 695. The first-order valence-electron chi connectivity index (χ1n) is 8.47. The lowest BCUT2D eigenvalue weighted by atomic mass is 10.1. The normalized spacial score (nSPS) is 10.6. The average molecular weight is 345 g/mol. The second-order valence-electron chi connectivity index (χ2n) is 5.87. The molecule has 0 aliphatic rings. The van der Waals surface area contributed by atoms with Crippen LogP contribution >= 0.6 is 0 Å². The Hall–Kier alpha value is -2.70. The van der Waals surface area contributed by atoms with Crippen molar-refractivity contribution in [2.45, 2.75) is 45.4 Å². The Balaban J connectivity index is 1.66. The maximum atomic E-state index is 12.1. The van der Waals surface area contributed by atoms with Gasteiger partial charge in [-0.25, -0.2) is 0 Å². The summed E-state index contributed by atoms with van der Waals surface area (Å²) in [5, 5.41) is 19.2. The molecular weight excluding hydrogens is 322 g/mol. The van der Waals surface area contributed by atoms with E-state index in [9.17, 15) is 9.59 Å². The van der Waals surface area contributed by atoms with Gasteiger partial charge in [0.15, 0.2) is 0 Å². The highest BCUT2D eigenvalue weighted by Gasteiger charge is 2.08. The lowest BCUT2D eigenvalue weighted by Gasteiger charge is -2.05. The van der Waals surface area contributed by atoms with Gasteiger partial charge in [-0.3, -0.25) is 9.59 Å². The average Bonchev–Trinajstić information content (AvgIpc) is 3.03. The third-order valence-corrected chi connectivity index (χ3v) is 3.77. The van der Waals surface area contributed by atoms with Gasteiger partial charge in [-0.1, -0.05) is 19.3 Å². The van der Waals surface area contributed by atoms with Crippen LogP contribution in [-0.4, -0.2) is 33.7 Å². The number of carbonyl (C=O) groups excluding carboxylic acids is 1. The van der Waals surface area contributed by atoms with Crippen LogP contribution in [0, 0.1) is 6.92 Å². The number of unbranched alkanes of at least 4 members (excludes halogenated alkanes) is 4. The summed E-state index contributed by atoms with van der Waals surface area (Å²) in [7, 11) is 0. The number of rotatable bonds is 10. The van der Waals surface area contributed by atoms with Crippen molar-refractivity contribution in [3.63, 3.8) is 0 Å². The predicted octanol–water partition coefficient (Wildman–Crippen LogP) is 3.20. The Labute approximate surface area is 146 Å². The second kappa shape index (κ2) is 9.56. The first kappa shape index (κ1) is 18.6. The number of amides is 1. The number of aromatic nitrogens is 2. The second-order valence-corrected chi connectivity index (χ2v) is 5.87. The van der Waals surface area contributed by atoms with Crippen LogP contribution in [0.3, 0.4) is 0 Å². The zero-order valence-corrected chi connectivity index (χ0v) is 14.3. The fraction of sp³-hybridized carbons (Fsp3) is 0.444. The molecule has 2 rings (SSSR count). The van der Waals surface area contributed by atoms with Crippen molar-refractivity contribution in [3.8, 4) is 11.5 Å². The van der Waals surface area contributed by atoms with Crippen molar-refractivity contribution >= 4 is 11.9 Å². The molecule has 0 saturated heterocycles. The standard InChI is InChI=1S/C18H23N3O4/c1-13-20-21-18(25-13)15-10-8-14(9-11-15)17(24)19-12-6-4-2-3-5-7-16(22)23/h8-11H,2-7,12H2,1H3,(H,19,24)(H,22,23). The molecule has 7 heteroatoms. The highest BCUT2D eigenvalue weighted by Crippen LogP contribution is 2.18. The Morgan fingerprint density at radius 1 is 1.04 bits per heavy atom. The number of benzene rings is 1. The summed E-state index contributed by atoms with van der Waals surface area (Å²) >= 11 is 0. The predicted molar refractivity (Wildman–Crippen MR) is 92.1 cm³/mol. The van der Waals surface area contributed by atoms with Gasteiger partial charge in [0.2, 0.25) is 11.8 Å². The van der Waals surface area contributed by atoms with Crippen LogP contribution < -0.4 is 5.32 Å². The summed E-state index contributed by atoms with van der Waals surface area (Å²) in [4.78, 5) is 22.5. The van der Waals surface area contributed by atoms with Gasteiger partial charge in [0.25, 0.3) is 5.91 Å². The first-order valence-corrected chi connectivity index (χ1v) is 8.47. The number of carboxylic acids is 1. The summed E-state index contributed by atoms with van der Waals surface area (Å²) in [6.07, 6.45) is 4.72. The Morgan fingerprint density at radius 3 is 2.36 bits per heavy atom. The minimum atomic E-state index is -0.743. The zero-order chi connectivity index (χ0) is 18.1. The molecule has 0 radical (unpaired) electrons. The summed E-state index contributed by atoms with van der Waals surface area (Å²) in [5.41, 5.74) is 1.36. The molecule has 2 aromatic rings. The third kappa shape index (κ3) is 6.37. The van der Waals surface area contributed by atoms with Crippen LogP contribution in [0.2, 0.25) is 0 Å². The molecule has 1 heterocycles. The molecule has 0 unspecified atom stereocenters. The molecule has 0 aliphatic heterocycles. The molecule has 1 aromatic heterocycles. The number of aliphatic carboxylic acids is 1. The minimum absolute atomic E-state index is 0.112. The van der Waals surface area contributed by atoms with Crippen LogP contribution in [0.15, 0.2) is 28.7 Å². The molecule has 0 bridgehead atoms. The summed E-state index contributed by atoms with van der Waals surface area (Å²) in [6, 6.07) is 7.03. The minimum Gasteiger partial charge on any atom is -0.481 e. The van der Waals surface area contributed by atoms with Gasteiger partial charge in [-0.2, -0.15) is 0 Å². The van der Waals surface area contributed by atoms with E-state index in [0.717, 1.165) is 31.2 Å². The van der Waals surface area contributed by atoms with Gasteiger partial charge in [0.1, 0.15) is 0 Å². The van der Waals surface area contributed by atoms with Gasteiger partial charge < -0.3 is 14.8 Å². The Morgan fingerprint density at radius 2 is 1.72 bits per heavy atom. The van der Waals surface area contributed by atoms with Gasteiger partial charge >= 0.3 is 5.97 Å². The molecule has 134 valence electrons. The SMILES string of the molecule is Cc1nnc(-c2ccc(C(=O)NCCCCCCCC(=O)O)cc2)o1. The van der Waals surface area contributed by atoms with Crippen LogP contribution in [-0.2, 0) is 4.79 Å². The Kier molecular flexibility index (Phi) is 7.13. The molecule has 25 heavy (non-hydrogen) atoms. The van der Waals surface area contributed by atoms with Gasteiger partial charge in [0, 0.05) is 31.0 Å². The van der Waals surface area contributed by atoms with Crippen LogP contribution in [0.1, 0.15) is 54.8 Å². The smallest absolute Gasteiger partial charge is 0.303 e. The van der Waals surface area contributed by atoms with E-state index in [-0.39, 0.29) is 12.3 Å². The van der Waals surface area contributed by atoms with Gasteiger partial charge in [-0.05, 0) is 37.1 Å². The van der Waals surface area contributed by atoms with Crippen LogP contribution in [0.4, 0.5) is 0 Å². The van der Waals surface area contributed by atoms with E-state index in [1.54, 1.807) is 31.2 Å². The fourth-order valence-electron chi connectivity index (χ4n) is 2.41. The highest BCUT2D eigenvalue weighted by atomic mass is 16.4. The lowest BCUT2D eigenvalue weighted by molar-refractivity contribution is -0.137. The maximum Gasteiger partial charge on any atom is 0.303 e. The molecule has 0 aliphatic carbocycles. The molecule has 1 aromatic carbocycles. The molecule has 0 fully saturated rings. The molecule has 2 N–H and O–H groups in total.